The fourth-order valence-electron chi connectivity index (χ4n) is 1.30. The van der Waals surface area contributed by atoms with E-state index in [1.165, 1.54) is 0 Å². The highest BCUT2D eigenvalue weighted by molar-refractivity contribution is 9.10. The molecule has 1 heterocycles. The lowest BCUT2D eigenvalue weighted by molar-refractivity contribution is 0.0952. The predicted octanol–water partition coefficient (Wildman–Crippen LogP) is 1.58. The number of ether oxygens (including phenoxy) is 1. The molecule has 0 spiro atoms. The zero-order chi connectivity index (χ0) is 12.7. The van der Waals surface area contributed by atoms with Crippen LogP contribution >= 0.6 is 15.9 Å². The maximum Gasteiger partial charge on any atom is 0.255 e. The number of nitrogens with one attached hydrogen (secondary N) is 1. The van der Waals surface area contributed by atoms with E-state index in [4.69, 9.17) is 10.5 Å². The number of hydrogen-bond acceptors (Lipinski definition) is 4. The first kappa shape index (κ1) is 13.9. The van der Waals surface area contributed by atoms with Gasteiger partial charge in [-0.1, -0.05) is 0 Å². The smallest absolute Gasteiger partial charge is 0.255 e. The molecule has 0 atom stereocenters. The number of amides is 1. The van der Waals surface area contributed by atoms with E-state index in [0.717, 1.165) is 17.3 Å². The van der Waals surface area contributed by atoms with Crippen LogP contribution in [0.25, 0.3) is 0 Å². The number of carbonyl (C=O) groups is 1. The van der Waals surface area contributed by atoms with Gasteiger partial charge in [0, 0.05) is 30.9 Å². The molecule has 94 valence electrons. The minimum atomic E-state index is -0.200. The number of aromatic nitrogens is 1. The van der Waals surface area contributed by atoms with Crippen molar-refractivity contribution in [2.45, 2.75) is 12.8 Å². The monoisotopic (exact) mass is 301 g/mol. The summed E-state index contributed by atoms with van der Waals surface area (Å²) in [5, 5.41) is 2.79. The summed E-state index contributed by atoms with van der Waals surface area (Å²) in [6, 6.07) is 1.66. The Bertz CT molecular complexity index is 385. The number of carbonyl (C=O) groups excluding carboxylic acids is 1. The number of nitrogen functional groups attached to an aromatic ring is 1. The van der Waals surface area contributed by atoms with Crippen molar-refractivity contribution in [1.29, 1.82) is 0 Å². The van der Waals surface area contributed by atoms with Crippen molar-refractivity contribution >= 4 is 27.7 Å². The number of halogens is 1. The molecule has 0 bridgehead atoms. The Labute approximate surface area is 109 Å². The molecule has 0 aliphatic rings. The molecule has 0 fully saturated rings. The van der Waals surface area contributed by atoms with E-state index in [2.05, 4.69) is 26.2 Å². The summed E-state index contributed by atoms with van der Waals surface area (Å²) in [4.78, 5) is 15.7. The van der Waals surface area contributed by atoms with E-state index in [1.807, 2.05) is 0 Å². The normalized spacial score (nSPS) is 10.2. The summed E-state index contributed by atoms with van der Waals surface area (Å²) in [5.74, 6) is 0.0382. The van der Waals surface area contributed by atoms with Crippen molar-refractivity contribution in [2.24, 2.45) is 0 Å². The van der Waals surface area contributed by atoms with Gasteiger partial charge in [-0.2, -0.15) is 0 Å². The minimum Gasteiger partial charge on any atom is -0.385 e. The Morgan fingerprint density at radius 2 is 2.35 bits per heavy atom. The molecule has 0 aliphatic heterocycles. The van der Waals surface area contributed by atoms with Gasteiger partial charge in [-0.3, -0.25) is 4.79 Å². The molecule has 0 saturated heterocycles. The van der Waals surface area contributed by atoms with Crippen molar-refractivity contribution in [3.63, 3.8) is 0 Å². The number of anilines is 1. The van der Waals surface area contributed by atoms with Gasteiger partial charge < -0.3 is 15.8 Å². The zero-order valence-corrected chi connectivity index (χ0v) is 11.3. The third-order valence-corrected chi connectivity index (χ3v) is 2.62. The van der Waals surface area contributed by atoms with Crippen LogP contribution in [0.5, 0.6) is 0 Å². The van der Waals surface area contributed by atoms with Gasteiger partial charge in [0.1, 0.15) is 5.82 Å². The zero-order valence-electron chi connectivity index (χ0n) is 9.70. The molecule has 1 rings (SSSR count). The van der Waals surface area contributed by atoms with Crippen LogP contribution < -0.4 is 11.1 Å². The number of unbranched alkanes of at least 4 members (excludes halogenated alkanes) is 1. The molecule has 6 heteroatoms. The first-order chi connectivity index (χ1) is 8.15. The van der Waals surface area contributed by atoms with Crippen LogP contribution in [-0.4, -0.2) is 31.2 Å². The summed E-state index contributed by atoms with van der Waals surface area (Å²) in [5.41, 5.74) is 6.02. The molecule has 0 saturated carbocycles. The standard InChI is InChI=1S/C11H16BrN3O2/c1-17-5-3-2-4-14-11(16)9-6-8(12)7-15-10(9)13/h6-7H,2-5H2,1H3,(H2,13,15)(H,14,16). The SMILES string of the molecule is COCCCCNC(=O)c1cc(Br)cnc1N. The molecular weight excluding hydrogens is 286 g/mol. The molecular formula is C11H16BrN3O2. The van der Waals surface area contributed by atoms with Gasteiger partial charge in [0.15, 0.2) is 0 Å². The number of hydrogen-bond donors (Lipinski definition) is 2. The minimum absolute atomic E-state index is 0.200. The van der Waals surface area contributed by atoms with Crippen molar-refractivity contribution in [3.05, 3.63) is 22.3 Å². The summed E-state index contributed by atoms with van der Waals surface area (Å²) < 4.78 is 5.65. The van der Waals surface area contributed by atoms with Gasteiger partial charge in [0.2, 0.25) is 0 Å². The summed E-state index contributed by atoms with van der Waals surface area (Å²) in [6.07, 6.45) is 3.36. The number of rotatable bonds is 6. The first-order valence-corrected chi connectivity index (χ1v) is 6.12. The van der Waals surface area contributed by atoms with Crippen molar-refractivity contribution in [2.75, 3.05) is 26.0 Å². The van der Waals surface area contributed by atoms with Gasteiger partial charge in [0.05, 0.1) is 5.56 Å². The van der Waals surface area contributed by atoms with Gasteiger partial charge in [-0.05, 0) is 34.8 Å². The lowest BCUT2D eigenvalue weighted by atomic mass is 10.2. The van der Waals surface area contributed by atoms with E-state index in [0.29, 0.717) is 18.7 Å². The van der Waals surface area contributed by atoms with Crippen LogP contribution in [0.15, 0.2) is 16.7 Å². The second-order valence-corrected chi connectivity index (χ2v) is 4.46. The third-order valence-electron chi connectivity index (χ3n) is 2.19. The molecule has 1 aromatic heterocycles. The Morgan fingerprint density at radius 1 is 1.59 bits per heavy atom. The molecule has 1 aromatic rings. The Kier molecular flexibility index (Phi) is 5.93. The van der Waals surface area contributed by atoms with Gasteiger partial charge in [0.25, 0.3) is 5.91 Å². The van der Waals surface area contributed by atoms with Crippen molar-refractivity contribution in [1.82, 2.24) is 10.3 Å². The largest absolute Gasteiger partial charge is 0.385 e. The first-order valence-electron chi connectivity index (χ1n) is 5.33. The molecule has 3 N–H and O–H groups in total. The Hall–Kier alpha value is -1.14. The van der Waals surface area contributed by atoms with Gasteiger partial charge in [-0.25, -0.2) is 4.98 Å². The van der Waals surface area contributed by atoms with E-state index in [1.54, 1.807) is 19.4 Å². The molecule has 5 nitrogen and oxygen atoms in total. The molecule has 0 aliphatic carbocycles. The molecule has 0 aromatic carbocycles. The van der Waals surface area contributed by atoms with Crippen LogP contribution in [0, 0.1) is 0 Å². The topological polar surface area (TPSA) is 77.2 Å². The fourth-order valence-corrected chi connectivity index (χ4v) is 1.63. The van der Waals surface area contributed by atoms with Crippen LogP contribution in [0.1, 0.15) is 23.2 Å². The summed E-state index contributed by atoms with van der Waals surface area (Å²) >= 11 is 3.25. The quantitative estimate of drug-likeness (QED) is 0.782. The highest BCUT2D eigenvalue weighted by Gasteiger charge is 2.10. The highest BCUT2D eigenvalue weighted by atomic mass is 79.9. The predicted molar refractivity (Wildman–Crippen MR) is 69.8 cm³/mol. The molecule has 0 unspecified atom stereocenters. The number of methoxy groups -OCH3 is 1. The molecule has 0 radical (unpaired) electrons. The number of nitrogens with zero attached hydrogens (tertiary/aromatic N) is 1. The molecule has 17 heavy (non-hydrogen) atoms. The van der Waals surface area contributed by atoms with Crippen LogP contribution in [0.2, 0.25) is 0 Å². The highest BCUT2D eigenvalue weighted by Crippen LogP contribution is 2.15. The van der Waals surface area contributed by atoms with E-state index < -0.39 is 0 Å². The van der Waals surface area contributed by atoms with Crippen molar-refractivity contribution in [3.8, 4) is 0 Å². The van der Waals surface area contributed by atoms with Crippen LogP contribution in [0.4, 0.5) is 5.82 Å². The number of nitrogens with two attached hydrogens (primary N) is 1. The second-order valence-electron chi connectivity index (χ2n) is 3.54. The maximum atomic E-state index is 11.8. The average molecular weight is 302 g/mol. The lowest BCUT2D eigenvalue weighted by Crippen LogP contribution is -2.25. The lowest BCUT2D eigenvalue weighted by Gasteiger charge is -2.07. The van der Waals surface area contributed by atoms with Gasteiger partial charge >= 0.3 is 0 Å². The van der Waals surface area contributed by atoms with E-state index >= 15 is 0 Å². The fraction of sp³-hybridized carbons (Fsp3) is 0.455. The average Bonchev–Trinajstić information content (AvgIpc) is 2.32. The van der Waals surface area contributed by atoms with Crippen LogP contribution in [0.3, 0.4) is 0 Å². The second kappa shape index (κ2) is 7.24. The van der Waals surface area contributed by atoms with Crippen molar-refractivity contribution < 1.29 is 9.53 Å². The summed E-state index contributed by atoms with van der Waals surface area (Å²) in [7, 11) is 1.66. The Morgan fingerprint density at radius 3 is 3.06 bits per heavy atom. The third kappa shape index (κ3) is 4.70. The van der Waals surface area contributed by atoms with Gasteiger partial charge in [-0.15, -0.1) is 0 Å². The number of pyridine rings is 1. The van der Waals surface area contributed by atoms with Crippen LogP contribution in [-0.2, 0) is 4.74 Å². The maximum absolute atomic E-state index is 11.8. The Balaban J connectivity index is 2.44. The van der Waals surface area contributed by atoms with E-state index in [9.17, 15) is 4.79 Å². The molecule has 1 amide bonds. The summed E-state index contributed by atoms with van der Waals surface area (Å²) in [6.45, 7) is 1.31. The van der Waals surface area contributed by atoms with E-state index in [-0.39, 0.29) is 11.7 Å².